The van der Waals surface area contributed by atoms with Gasteiger partial charge in [-0.25, -0.2) is 0 Å². The molecule has 2 heterocycles. The summed E-state index contributed by atoms with van der Waals surface area (Å²) in [6.45, 7) is 3.45. The Kier molecular flexibility index (Phi) is 3.55. The number of hydrogen-bond acceptors (Lipinski definition) is 4. The third kappa shape index (κ3) is 2.52. The predicted octanol–water partition coefficient (Wildman–Crippen LogP) is 1.33. The Morgan fingerprint density at radius 2 is 1.84 bits per heavy atom. The highest BCUT2D eigenvalue weighted by Gasteiger charge is 2.28. The summed E-state index contributed by atoms with van der Waals surface area (Å²) < 4.78 is 5.39. The molecule has 3 rings (SSSR count). The third-order valence-corrected chi connectivity index (χ3v) is 4.19. The van der Waals surface area contributed by atoms with E-state index in [1.165, 1.54) is 6.42 Å². The predicted molar refractivity (Wildman–Crippen MR) is 71.2 cm³/mol. The van der Waals surface area contributed by atoms with Crippen LogP contribution in [-0.2, 0) is 12.8 Å². The van der Waals surface area contributed by atoms with Gasteiger partial charge in [0, 0.05) is 38.2 Å². The largest absolute Gasteiger partial charge is 0.360 e. The van der Waals surface area contributed by atoms with E-state index in [-0.39, 0.29) is 5.91 Å². The first-order valence-corrected chi connectivity index (χ1v) is 7.21. The van der Waals surface area contributed by atoms with Gasteiger partial charge in [-0.3, -0.25) is 4.79 Å². The van der Waals surface area contributed by atoms with Crippen molar-refractivity contribution >= 4 is 5.91 Å². The van der Waals surface area contributed by atoms with Gasteiger partial charge in [-0.2, -0.15) is 0 Å². The fourth-order valence-corrected chi connectivity index (χ4v) is 2.89. The van der Waals surface area contributed by atoms with E-state index in [4.69, 9.17) is 4.52 Å². The summed E-state index contributed by atoms with van der Waals surface area (Å²) in [7, 11) is 2.09. The average Bonchev–Trinajstić information content (AvgIpc) is 2.68. The Morgan fingerprint density at radius 3 is 2.63 bits per heavy atom. The van der Waals surface area contributed by atoms with Crippen LogP contribution < -0.4 is 0 Å². The normalized spacial score (nSPS) is 21.0. The fraction of sp³-hybridized carbons (Fsp3) is 0.714. The molecular weight excluding hydrogens is 242 g/mol. The molecule has 0 spiro atoms. The van der Waals surface area contributed by atoms with Gasteiger partial charge in [0.1, 0.15) is 5.76 Å². The van der Waals surface area contributed by atoms with E-state index < -0.39 is 0 Å². The molecule has 1 amide bonds. The molecule has 0 aromatic carbocycles. The lowest BCUT2D eigenvalue weighted by atomic mass is 10.1. The smallest absolute Gasteiger partial charge is 0.276 e. The van der Waals surface area contributed by atoms with Gasteiger partial charge < -0.3 is 14.3 Å². The van der Waals surface area contributed by atoms with Crippen molar-refractivity contribution in [1.82, 2.24) is 15.0 Å². The Hall–Kier alpha value is -1.36. The zero-order valence-corrected chi connectivity index (χ0v) is 11.5. The SMILES string of the molecule is CN1CCN(C(=O)c2noc3c2CCCCC3)CC1. The van der Waals surface area contributed by atoms with Crippen LogP contribution in [0.25, 0.3) is 0 Å². The molecule has 19 heavy (non-hydrogen) atoms. The minimum Gasteiger partial charge on any atom is -0.360 e. The Morgan fingerprint density at radius 1 is 1.11 bits per heavy atom. The van der Waals surface area contributed by atoms with E-state index in [1.54, 1.807) is 0 Å². The lowest BCUT2D eigenvalue weighted by molar-refractivity contribution is 0.0652. The van der Waals surface area contributed by atoms with Crippen molar-refractivity contribution in [2.75, 3.05) is 33.2 Å². The minimum absolute atomic E-state index is 0.0556. The number of nitrogens with zero attached hydrogens (tertiary/aromatic N) is 3. The first-order valence-electron chi connectivity index (χ1n) is 7.21. The number of carbonyl (C=O) groups is 1. The molecule has 2 aliphatic rings. The van der Waals surface area contributed by atoms with Crippen molar-refractivity contribution in [2.45, 2.75) is 32.1 Å². The molecule has 0 unspecified atom stereocenters. The third-order valence-electron chi connectivity index (χ3n) is 4.19. The molecule has 1 saturated heterocycles. The van der Waals surface area contributed by atoms with Gasteiger partial charge in [0.2, 0.25) is 0 Å². The molecule has 1 aromatic rings. The summed E-state index contributed by atoms with van der Waals surface area (Å²) in [5.74, 6) is 0.995. The summed E-state index contributed by atoms with van der Waals surface area (Å²) in [5.41, 5.74) is 1.64. The summed E-state index contributed by atoms with van der Waals surface area (Å²) in [6, 6.07) is 0. The van der Waals surface area contributed by atoms with Crippen molar-refractivity contribution in [3.8, 4) is 0 Å². The van der Waals surface area contributed by atoms with Gasteiger partial charge in [-0.05, 0) is 26.3 Å². The molecule has 0 N–H and O–H groups in total. The molecule has 1 aromatic heterocycles. The second-order valence-electron chi connectivity index (χ2n) is 5.59. The van der Waals surface area contributed by atoms with E-state index >= 15 is 0 Å². The molecular formula is C14H21N3O2. The van der Waals surface area contributed by atoms with Crippen LogP contribution >= 0.6 is 0 Å². The first kappa shape index (κ1) is 12.7. The number of rotatable bonds is 1. The van der Waals surface area contributed by atoms with Crippen LogP contribution in [-0.4, -0.2) is 54.1 Å². The van der Waals surface area contributed by atoms with Crippen molar-refractivity contribution in [1.29, 1.82) is 0 Å². The molecule has 5 heteroatoms. The van der Waals surface area contributed by atoms with Crippen molar-refractivity contribution in [3.63, 3.8) is 0 Å². The minimum atomic E-state index is 0.0556. The number of fused-ring (bicyclic) bond motifs is 1. The van der Waals surface area contributed by atoms with E-state index in [9.17, 15) is 4.79 Å². The standard InChI is InChI=1S/C14H21N3O2/c1-16-7-9-17(10-8-16)14(18)13-11-5-3-2-4-6-12(11)19-15-13/h2-10H2,1H3. The van der Waals surface area contributed by atoms with E-state index in [0.29, 0.717) is 5.69 Å². The van der Waals surface area contributed by atoms with Crippen molar-refractivity contribution in [2.24, 2.45) is 0 Å². The fourth-order valence-electron chi connectivity index (χ4n) is 2.89. The number of likely N-dealkylation sites (N-methyl/N-ethyl adjacent to an activating group) is 1. The monoisotopic (exact) mass is 263 g/mol. The topological polar surface area (TPSA) is 49.6 Å². The lowest BCUT2D eigenvalue weighted by Gasteiger charge is -2.32. The number of aryl methyl sites for hydroxylation is 1. The number of carbonyl (C=O) groups excluding carboxylic acids is 1. The van der Waals surface area contributed by atoms with Crippen molar-refractivity contribution in [3.05, 3.63) is 17.0 Å². The molecule has 0 saturated carbocycles. The molecule has 104 valence electrons. The molecule has 5 nitrogen and oxygen atoms in total. The summed E-state index contributed by atoms with van der Waals surface area (Å²) in [5, 5.41) is 4.05. The maximum Gasteiger partial charge on any atom is 0.276 e. The van der Waals surface area contributed by atoms with Gasteiger partial charge in [0.15, 0.2) is 5.69 Å². The molecule has 0 atom stereocenters. The second kappa shape index (κ2) is 5.33. The molecule has 0 bridgehead atoms. The lowest BCUT2D eigenvalue weighted by Crippen LogP contribution is -2.47. The van der Waals surface area contributed by atoms with E-state index in [2.05, 4.69) is 17.1 Å². The average molecular weight is 263 g/mol. The second-order valence-corrected chi connectivity index (χ2v) is 5.59. The summed E-state index contributed by atoms with van der Waals surface area (Å²) in [6.07, 6.45) is 5.36. The van der Waals surface area contributed by atoms with Crippen LogP contribution in [0.3, 0.4) is 0 Å². The van der Waals surface area contributed by atoms with Crippen LogP contribution in [0.15, 0.2) is 4.52 Å². The number of aromatic nitrogens is 1. The van der Waals surface area contributed by atoms with Crippen LogP contribution in [0, 0.1) is 0 Å². The molecule has 1 fully saturated rings. The van der Waals surface area contributed by atoms with Crippen LogP contribution in [0.1, 0.15) is 41.1 Å². The summed E-state index contributed by atoms with van der Waals surface area (Å²) >= 11 is 0. The first-order chi connectivity index (χ1) is 9.25. The van der Waals surface area contributed by atoms with Crippen LogP contribution in [0.2, 0.25) is 0 Å². The van der Waals surface area contributed by atoms with Gasteiger partial charge >= 0.3 is 0 Å². The maximum atomic E-state index is 12.5. The Labute approximate surface area is 113 Å². The number of piperazine rings is 1. The van der Waals surface area contributed by atoms with Crippen LogP contribution in [0.5, 0.6) is 0 Å². The summed E-state index contributed by atoms with van der Waals surface area (Å²) in [4.78, 5) is 16.7. The van der Waals surface area contributed by atoms with Gasteiger partial charge in [-0.15, -0.1) is 0 Å². The molecule has 1 aliphatic heterocycles. The zero-order valence-electron chi connectivity index (χ0n) is 11.5. The van der Waals surface area contributed by atoms with E-state index in [1.807, 2.05) is 4.90 Å². The van der Waals surface area contributed by atoms with E-state index in [0.717, 1.165) is 63.2 Å². The Bertz CT molecular complexity index is 461. The highest BCUT2D eigenvalue weighted by Crippen LogP contribution is 2.24. The van der Waals surface area contributed by atoms with Crippen molar-refractivity contribution < 1.29 is 9.32 Å². The highest BCUT2D eigenvalue weighted by atomic mass is 16.5. The van der Waals surface area contributed by atoms with Gasteiger partial charge in [0.05, 0.1) is 0 Å². The molecule has 1 aliphatic carbocycles. The Balaban J connectivity index is 1.78. The van der Waals surface area contributed by atoms with Crippen LogP contribution in [0.4, 0.5) is 0 Å². The highest BCUT2D eigenvalue weighted by molar-refractivity contribution is 5.94. The molecule has 0 radical (unpaired) electrons. The number of hydrogen-bond donors (Lipinski definition) is 0. The number of amides is 1. The zero-order chi connectivity index (χ0) is 13.2. The maximum absolute atomic E-state index is 12.5. The quantitative estimate of drug-likeness (QED) is 0.717. The van der Waals surface area contributed by atoms with Gasteiger partial charge in [-0.1, -0.05) is 11.6 Å². The van der Waals surface area contributed by atoms with Gasteiger partial charge in [0.25, 0.3) is 5.91 Å².